The van der Waals surface area contributed by atoms with E-state index in [0.29, 0.717) is 41.9 Å². The molecule has 0 radical (unpaired) electrons. The smallest absolute Gasteiger partial charge is 0.203 e. The number of anilines is 1. The fraction of sp³-hybridized carbons (Fsp3) is 0.387. The van der Waals surface area contributed by atoms with Gasteiger partial charge < -0.3 is 24.6 Å². The second-order valence-corrected chi connectivity index (χ2v) is 10.2. The number of methoxy groups -OCH3 is 3. The van der Waals surface area contributed by atoms with Crippen molar-refractivity contribution >= 4 is 5.69 Å². The summed E-state index contributed by atoms with van der Waals surface area (Å²) in [5, 5.41) is 13.7. The Labute approximate surface area is 225 Å². The molecule has 0 saturated heterocycles. The number of nitrogens with one attached hydrogen (secondary N) is 1. The number of aromatic hydroxyl groups is 1. The molecule has 1 aliphatic rings. The van der Waals surface area contributed by atoms with Crippen molar-refractivity contribution in [2.45, 2.75) is 39.3 Å². The Morgan fingerprint density at radius 2 is 1.76 bits per heavy atom. The van der Waals surface area contributed by atoms with Crippen LogP contribution in [0.1, 0.15) is 43.0 Å². The molecule has 0 spiro atoms. The van der Waals surface area contributed by atoms with Gasteiger partial charge in [-0.05, 0) is 66.8 Å². The number of rotatable bonds is 9. The molecule has 202 valence electrons. The zero-order chi connectivity index (χ0) is 27.4. The molecule has 0 heterocycles. The van der Waals surface area contributed by atoms with Gasteiger partial charge in [-0.2, -0.15) is 0 Å². The van der Waals surface area contributed by atoms with Crippen LogP contribution in [0.15, 0.2) is 53.3 Å². The van der Waals surface area contributed by atoms with Crippen LogP contribution in [0.25, 0.3) is 11.1 Å². The fourth-order valence-corrected chi connectivity index (χ4v) is 5.23. The van der Waals surface area contributed by atoms with Crippen molar-refractivity contribution in [3.63, 3.8) is 0 Å². The van der Waals surface area contributed by atoms with Crippen LogP contribution in [0.2, 0.25) is 0 Å². The van der Waals surface area contributed by atoms with E-state index in [1.165, 1.54) is 0 Å². The molecule has 38 heavy (non-hydrogen) atoms. The van der Waals surface area contributed by atoms with Gasteiger partial charge in [0.05, 0.1) is 27.0 Å². The predicted molar refractivity (Wildman–Crippen MR) is 152 cm³/mol. The lowest BCUT2D eigenvalue weighted by atomic mass is 9.95. The first kappa shape index (κ1) is 27.3. The second-order valence-electron chi connectivity index (χ2n) is 10.2. The summed E-state index contributed by atoms with van der Waals surface area (Å²) < 4.78 is 17.3. The molecular formula is C31H38N2O5. The lowest BCUT2D eigenvalue weighted by molar-refractivity contribution is 0.223. The molecule has 2 N–H and O–H groups in total. The van der Waals surface area contributed by atoms with Crippen molar-refractivity contribution in [2.24, 2.45) is 5.92 Å². The molecule has 0 saturated carbocycles. The van der Waals surface area contributed by atoms with Crippen molar-refractivity contribution in [2.75, 3.05) is 40.2 Å². The molecule has 0 aliphatic heterocycles. The first-order valence-electron chi connectivity index (χ1n) is 13.0. The van der Waals surface area contributed by atoms with Crippen LogP contribution >= 0.6 is 0 Å². The quantitative estimate of drug-likeness (QED) is 0.380. The van der Waals surface area contributed by atoms with E-state index in [1.807, 2.05) is 43.4 Å². The summed E-state index contributed by atoms with van der Waals surface area (Å²) in [7, 11) is 6.88. The Hall–Kier alpha value is -3.71. The molecule has 0 aromatic heterocycles. The third-order valence-corrected chi connectivity index (χ3v) is 7.15. The summed E-state index contributed by atoms with van der Waals surface area (Å²) >= 11 is 0. The van der Waals surface area contributed by atoms with Gasteiger partial charge in [-0.25, -0.2) is 0 Å². The molecule has 3 aromatic carbocycles. The summed E-state index contributed by atoms with van der Waals surface area (Å²) in [6.45, 7) is 5.45. The van der Waals surface area contributed by atoms with Crippen molar-refractivity contribution in [1.82, 2.24) is 4.90 Å². The summed E-state index contributed by atoms with van der Waals surface area (Å²) in [5.74, 6) is 2.37. The molecule has 1 atom stereocenters. The average molecular weight is 519 g/mol. The average Bonchev–Trinajstić information content (AvgIpc) is 3.15. The van der Waals surface area contributed by atoms with Gasteiger partial charge in [0, 0.05) is 30.3 Å². The number of hydrogen-bond acceptors (Lipinski definition) is 7. The molecule has 1 unspecified atom stereocenters. The van der Waals surface area contributed by atoms with Crippen molar-refractivity contribution < 1.29 is 19.3 Å². The van der Waals surface area contributed by atoms with Gasteiger partial charge in [0.25, 0.3) is 0 Å². The summed E-state index contributed by atoms with van der Waals surface area (Å²) in [6, 6.07) is 14.9. The summed E-state index contributed by atoms with van der Waals surface area (Å²) in [4.78, 5) is 15.7. The van der Waals surface area contributed by atoms with E-state index in [-0.39, 0.29) is 17.2 Å². The van der Waals surface area contributed by atoms with Crippen molar-refractivity contribution in [3.05, 3.63) is 75.4 Å². The third-order valence-electron chi connectivity index (χ3n) is 7.15. The van der Waals surface area contributed by atoms with Gasteiger partial charge in [-0.3, -0.25) is 9.69 Å². The van der Waals surface area contributed by atoms with E-state index >= 15 is 0 Å². The molecule has 0 amide bonds. The number of ether oxygens (including phenoxy) is 3. The number of phenols is 1. The molecule has 7 nitrogen and oxygen atoms in total. The Morgan fingerprint density at radius 3 is 2.42 bits per heavy atom. The first-order valence-corrected chi connectivity index (χ1v) is 13.0. The van der Waals surface area contributed by atoms with Crippen LogP contribution in [-0.4, -0.2) is 44.9 Å². The highest BCUT2D eigenvalue weighted by atomic mass is 16.5. The van der Waals surface area contributed by atoms with Crippen LogP contribution < -0.4 is 25.0 Å². The largest absolute Gasteiger partial charge is 0.508 e. The minimum absolute atomic E-state index is 0.0595. The predicted octanol–water partition coefficient (Wildman–Crippen LogP) is 5.63. The lowest BCUT2D eigenvalue weighted by Crippen LogP contribution is -2.25. The number of hydrogen-bond donors (Lipinski definition) is 2. The fourth-order valence-electron chi connectivity index (χ4n) is 5.23. The van der Waals surface area contributed by atoms with Gasteiger partial charge in [0.1, 0.15) is 5.75 Å². The van der Waals surface area contributed by atoms with Gasteiger partial charge >= 0.3 is 0 Å². The number of aryl methyl sites for hydroxylation is 1. The second kappa shape index (κ2) is 11.8. The van der Waals surface area contributed by atoms with Gasteiger partial charge in [0.15, 0.2) is 11.5 Å². The first-order chi connectivity index (χ1) is 18.3. The van der Waals surface area contributed by atoms with E-state index in [0.717, 1.165) is 40.7 Å². The monoisotopic (exact) mass is 518 g/mol. The molecule has 7 heteroatoms. The number of phenolic OH excluding ortho intramolecular Hbond substituents is 1. The van der Waals surface area contributed by atoms with E-state index in [2.05, 4.69) is 24.1 Å². The normalized spacial score (nSPS) is 14.5. The maximum absolute atomic E-state index is 13.5. The van der Waals surface area contributed by atoms with Gasteiger partial charge in [-0.1, -0.05) is 38.1 Å². The third kappa shape index (κ3) is 5.43. The van der Waals surface area contributed by atoms with E-state index in [9.17, 15) is 9.90 Å². The van der Waals surface area contributed by atoms with E-state index in [4.69, 9.17) is 14.2 Å². The molecule has 1 aliphatic carbocycles. The standard InChI is InChI=1S/C31H38N2O5/c1-19(2)17-32-24-13-12-22-23(16-27(24)35)25(33(3)18-21-9-7-8-10-26(21)34)14-11-20-15-28(36-4)30(37-5)31(38-6)29(20)22/h7-10,12-13,15-16,19,25,34H,11,14,17-18H2,1-6H3,(H,32,35). The Morgan fingerprint density at radius 1 is 1.03 bits per heavy atom. The van der Waals surface area contributed by atoms with E-state index in [1.54, 1.807) is 33.5 Å². The van der Waals surface area contributed by atoms with Gasteiger partial charge in [-0.15, -0.1) is 0 Å². The van der Waals surface area contributed by atoms with Crippen LogP contribution in [0, 0.1) is 5.92 Å². The zero-order valence-electron chi connectivity index (χ0n) is 23.1. The SMILES string of the molecule is COc1cc2c(c(OC)c1OC)-c1ccc(NCC(C)C)c(=O)cc1C(N(C)Cc1ccccc1O)CC2. The summed E-state index contributed by atoms with van der Waals surface area (Å²) in [5.41, 5.74) is 5.14. The maximum atomic E-state index is 13.5. The molecule has 0 fully saturated rings. The van der Waals surface area contributed by atoms with Crippen molar-refractivity contribution in [3.8, 4) is 34.1 Å². The number of fused-ring (bicyclic) bond motifs is 3. The molecule has 4 rings (SSSR count). The minimum Gasteiger partial charge on any atom is -0.508 e. The van der Waals surface area contributed by atoms with Gasteiger partial charge in [0.2, 0.25) is 11.2 Å². The van der Waals surface area contributed by atoms with Crippen molar-refractivity contribution in [1.29, 1.82) is 0 Å². The zero-order valence-corrected chi connectivity index (χ0v) is 23.1. The van der Waals surface area contributed by atoms with Crippen LogP contribution in [0.3, 0.4) is 0 Å². The number of benzene rings is 2. The van der Waals surface area contributed by atoms with E-state index < -0.39 is 0 Å². The maximum Gasteiger partial charge on any atom is 0.203 e. The lowest BCUT2D eigenvalue weighted by Gasteiger charge is -2.28. The van der Waals surface area contributed by atoms with Crippen LogP contribution in [-0.2, 0) is 13.0 Å². The molecule has 0 bridgehead atoms. The Balaban J connectivity index is 1.94. The number of para-hydroxylation sites is 1. The highest BCUT2D eigenvalue weighted by Crippen LogP contribution is 2.51. The Kier molecular flexibility index (Phi) is 8.47. The number of nitrogens with zero attached hydrogens (tertiary/aromatic N) is 1. The molecular weight excluding hydrogens is 480 g/mol. The minimum atomic E-state index is -0.0863. The topological polar surface area (TPSA) is 80.3 Å². The highest BCUT2D eigenvalue weighted by molar-refractivity contribution is 5.83. The summed E-state index contributed by atoms with van der Waals surface area (Å²) in [6.07, 6.45) is 1.51. The molecule has 3 aromatic rings. The van der Waals surface area contributed by atoms with Crippen LogP contribution in [0.5, 0.6) is 23.0 Å². The Bertz CT molecular complexity index is 1350. The van der Waals surface area contributed by atoms with Crippen LogP contribution in [0.4, 0.5) is 5.69 Å². The highest BCUT2D eigenvalue weighted by Gasteiger charge is 2.31.